The molecule has 3 rings (SSSR count). The zero-order chi connectivity index (χ0) is 14.9. The predicted octanol–water partition coefficient (Wildman–Crippen LogP) is 2.18. The molecule has 1 aromatic heterocycles. The fourth-order valence-electron chi connectivity index (χ4n) is 2.92. The summed E-state index contributed by atoms with van der Waals surface area (Å²) < 4.78 is 14.9. The van der Waals surface area contributed by atoms with Crippen LogP contribution in [0.2, 0.25) is 0 Å². The highest BCUT2D eigenvalue weighted by atomic mass is 19.1. The second-order valence-corrected chi connectivity index (χ2v) is 6.19. The minimum Gasteiger partial charge on any atom is -0.330 e. The Morgan fingerprint density at radius 3 is 2.71 bits per heavy atom. The SMILES string of the molecule is CC1(CN)CCN(Cc2ccnn2-c2ccc(F)cc2)C1. The van der Waals surface area contributed by atoms with Crippen molar-refractivity contribution < 1.29 is 4.39 Å². The van der Waals surface area contributed by atoms with Crippen molar-refractivity contribution in [3.05, 3.63) is 48.0 Å². The fraction of sp³-hybridized carbons (Fsp3) is 0.438. The molecule has 2 N–H and O–H groups in total. The van der Waals surface area contributed by atoms with Gasteiger partial charge in [-0.2, -0.15) is 5.10 Å². The minimum atomic E-state index is -0.231. The highest BCUT2D eigenvalue weighted by molar-refractivity contribution is 5.32. The van der Waals surface area contributed by atoms with Crippen molar-refractivity contribution in [2.45, 2.75) is 19.9 Å². The quantitative estimate of drug-likeness (QED) is 0.938. The van der Waals surface area contributed by atoms with E-state index in [-0.39, 0.29) is 11.2 Å². The average molecular weight is 288 g/mol. The van der Waals surface area contributed by atoms with Crippen LogP contribution in [0.5, 0.6) is 0 Å². The van der Waals surface area contributed by atoms with Gasteiger partial charge in [0, 0.05) is 19.3 Å². The molecule has 0 aliphatic carbocycles. The van der Waals surface area contributed by atoms with Gasteiger partial charge in [0.05, 0.1) is 11.4 Å². The molecule has 0 spiro atoms. The maximum Gasteiger partial charge on any atom is 0.123 e. The molecule has 1 fully saturated rings. The molecule has 0 amide bonds. The molecule has 2 aromatic rings. The Morgan fingerprint density at radius 1 is 1.29 bits per heavy atom. The number of nitrogens with two attached hydrogens (primary N) is 1. The van der Waals surface area contributed by atoms with Crippen molar-refractivity contribution in [1.82, 2.24) is 14.7 Å². The van der Waals surface area contributed by atoms with Gasteiger partial charge in [-0.05, 0) is 55.3 Å². The highest BCUT2D eigenvalue weighted by Gasteiger charge is 2.32. The second kappa shape index (κ2) is 5.58. The molecule has 1 aliphatic heterocycles. The molecular formula is C16H21FN4. The van der Waals surface area contributed by atoms with E-state index in [0.717, 1.165) is 44.0 Å². The van der Waals surface area contributed by atoms with Gasteiger partial charge < -0.3 is 5.73 Å². The van der Waals surface area contributed by atoms with Crippen LogP contribution in [0.4, 0.5) is 4.39 Å². The molecule has 0 saturated carbocycles. The van der Waals surface area contributed by atoms with Gasteiger partial charge in [0.2, 0.25) is 0 Å². The summed E-state index contributed by atoms with van der Waals surface area (Å²) in [6.45, 7) is 5.87. The van der Waals surface area contributed by atoms with E-state index in [2.05, 4.69) is 16.9 Å². The molecule has 1 saturated heterocycles. The van der Waals surface area contributed by atoms with Gasteiger partial charge in [0.15, 0.2) is 0 Å². The summed E-state index contributed by atoms with van der Waals surface area (Å²) in [4.78, 5) is 2.41. The van der Waals surface area contributed by atoms with Crippen LogP contribution in [-0.2, 0) is 6.54 Å². The summed E-state index contributed by atoms with van der Waals surface area (Å²) >= 11 is 0. The van der Waals surface area contributed by atoms with Crippen molar-refractivity contribution in [2.75, 3.05) is 19.6 Å². The number of benzene rings is 1. The maximum absolute atomic E-state index is 13.0. The van der Waals surface area contributed by atoms with Crippen molar-refractivity contribution in [3.8, 4) is 5.69 Å². The first-order valence-electron chi connectivity index (χ1n) is 7.31. The monoisotopic (exact) mass is 288 g/mol. The zero-order valence-electron chi connectivity index (χ0n) is 12.3. The smallest absolute Gasteiger partial charge is 0.123 e. The largest absolute Gasteiger partial charge is 0.330 e. The third-order valence-corrected chi connectivity index (χ3v) is 4.31. The molecule has 2 heterocycles. The lowest BCUT2D eigenvalue weighted by Crippen LogP contribution is -2.31. The van der Waals surface area contributed by atoms with Crippen molar-refractivity contribution in [3.63, 3.8) is 0 Å². The van der Waals surface area contributed by atoms with Gasteiger partial charge in [0.25, 0.3) is 0 Å². The lowest BCUT2D eigenvalue weighted by Gasteiger charge is -2.22. The van der Waals surface area contributed by atoms with Gasteiger partial charge in [-0.15, -0.1) is 0 Å². The van der Waals surface area contributed by atoms with Crippen molar-refractivity contribution in [1.29, 1.82) is 0 Å². The van der Waals surface area contributed by atoms with Crippen LogP contribution < -0.4 is 5.73 Å². The lowest BCUT2D eigenvalue weighted by molar-refractivity contribution is 0.270. The van der Waals surface area contributed by atoms with Crippen LogP contribution in [0.1, 0.15) is 19.0 Å². The number of rotatable bonds is 4. The first-order chi connectivity index (χ1) is 10.1. The van der Waals surface area contributed by atoms with Gasteiger partial charge in [-0.3, -0.25) is 4.90 Å². The molecule has 21 heavy (non-hydrogen) atoms. The Hall–Kier alpha value is -1.72. The standard InChI is InChI=1S/C16H21FN4/c1-16(11-18)7-9-20(12-16)10-15-6-8-19-21(15)14-4-2-13(17)3-5-14/h2-6,8H,7,9-12,18H2,1H3. The van der Waals surface area contributed by atoms with Crippen LogP contribution in [0.3, 0.4) is 0 Å². The minimum absolute atomic E-state index is 0.223. The normalized spacial score (nSPS) is 22.8. The molecular weight excluding hydrogens is 267 g/mol. The number of likely N-dealkylation sites (tertiary alicyclic amines) is 1. The van der Waals surface area contributed by atoms with Gasteiger partial charge in [-0.25, -0.2) is 9.07 Å². The number of aromatic nitrogens is 2. The van der Waals surface area contributed by atoms with E-state index < -0.39 is 0 Å². The molecule has 1 aromatic carbocycles. The second-order valence-electron chi connectivity index (χ2n) is 6.19. The zero-order valence-corrected chi connectivity index (χ0v) is 12.3. The van der Waals surface area contributed by atoms with Crippen LogP contribution >= 0.6 is 0 Å². The van der Waals surface area contributed by atoms with E-state index in [1.807, 2.05) is 10.7 Å². The first-order valence-corrected chi connectivity index (χ1v) is 7.31. The van der Waals surface area contributed by atoms with E-state index in [9.17, 15) is 4.39 Å². The molecule has 0 radical (unpaired) electrons. The van der Waals surface area contributed by atoms with E-state index in [0.29, 0.717) is 0 Å². The lowest BCUT2D eigenvalue weighted by atomic mass is 9.90. The Balaban J connectivity index is 1.76. The molecule has 5 heteroatoms. The van der Waals surface area contributed by atoms with Gasteiger partial charge in [0.1, 0.15) is 5.82 Å². The fourth-order valence-corrected chi connectivity index (χ4v) is 2.92. The van der Waals surface area contributed by atoms with E-state index >= 15 is 0 Å². The van der Waals surface area contributed by atoms with E-state index in [1.165, 1.54) is 12.1 Å². The van der Waals surface area contributed by atoms with Gasteiger partial charge >= 0.3 is 0 Å². The Kier molecular flexibility index (Phi) is 3.78. The van der Waals surface area contributed by atoms with Crippen LogP contribution in [-0.4, -0.2) is 34.3 Å². The molecule has 4 nitrogen and oxygen atoms in total. The maximum atomic E-state index is 13.0. The van der Waals surface area contributed by atoms with Crippen LogP contribution in [0, 0.1) is 11.2 Å². The number of hydrogen-bond donors (Lipinski definition) is 1. The predicted molar refractivity (Wildman–Crippen MR) is 80.6 cm³/mol. The number of halogens is 1. The Bertz CT molecular complexity index is 607. The van der Waals surface area contributed by atoms with Crippen LogP contribution in [0.25, 0.3) is 5.69 Å². The summed E-state index contributed by atoms with van der Waals surface area (Å²) in [5.41, 5.74) is 8.08. The summed E-state index contributed by atoms with van der Waals surface area (Å²) in [5, 5.41) is 4.36. The summed E-state index contributed by atoms with van der Waals surface area (Å²) in [5.74, 6) is -0.231. The topological polar surface area (TPSA) is 47.1 Å². The third kappa shape index (κ3) is 2.99. The first kappa shape index (κ1) is 14.2. The van der Waals surface area contributed by atoms with Crippen molar-refractivity contribution >= 4 is 0 Å². The van der Waals surface area contributed by atoms with E-state index in [4.69, 9.17) is 5.73 Å². The Morgan fingerprint density at radius 2 is 2.05 bits per heavy atom. The molecule has 0 bridgehead atoms. The average Bonchev–Trinajstić information content (AvgIpc) is 3.08. The molecule has 1 atom stereocenters. The van der Waals surface area contributed by atoms with Crippen LogP contribution in [0.15, 0.2) is 36.5 Å². The molecule has 1 unspecified atom stereocenters. The third-order valence-electron chi connectivity index (χ3n) is 4.31. The summed E-state index contributed by atoms with van der Waals surface area (Å²) in [6.07, 6.45) is 2.92. The number of hydrogen-bond acceptors (Lipinski definition) is 3. The van der Waals surface area contributed by atoms with Gasteiger partial charge in [-0.1, -0.05) is 6.92 Å². The summed E-state index contributed by atoms with van der Waals surface area (Å²) in [6, 6.07) is 8.44. The summed E-state index contributed by atoms with van der Waals surface area (Å²) in [7, 11) is 0. The van der Waals surface area contributed by atoms with Crippen molar-refractivity contribution in [2.24, 2.45) is 11.1 Å². The Labute approximate surface area is 124 Å². The molecule has 112 valence electrons. The molecule has 1 aliphatic rings. The van der Waals surface area contributed by atoms with E-state index in [1.54, 1.807) is 18.3 Å². The highest BCUT2D eigenvalue weighted by Crippen LogP contribution is 2.29. The number of nitrogens with zero attached hydrogens (tertiary/aromatic N) is 3.